The highest BCUT2D eigenvalue weighted by atomic mass is 35.5. The number of halogens is 1. The van der Waals surface area contributed by atoms with E-state index in [1.54, 1.807) is 12.3 Å². The van der Waals surface area contributed by atoms with E-state index in [9.17, 15) is 10.5 Å². The standard InChI is InChI=1S/C28H25ClN4O/c1-27-23(15-31)22(17-33(2)3)25(19-7-5-4-6-8-19)28(27,20-11-9-18(14-30)10-12-20)34-24-13-21(29)16-32-26(24)27/h4-13,16,22-23,25H,17H2,1-3H3/t22-,23+,25+,27-,28-/m0/s1. The lowest BCUT2D eigenvalue weighted by atomic mass is 9.64. The van der Waals surface area contributed by atoms with Crippen molar-refractivity contribution in [2.45, 2.75) is 23.9 Å². The average molecular weight is 469 g/mol. The van der Waals surface area contributed by atoms with Crippen molar-refractivity contribution in [2.24, 2.45) is 11.8 Å². The van der Waals surface area contributed by atoms with E-state index in [4.69, 9.17) is 21.3 Å². The van der Waals surface area contributed by atoms with Crippen LogP contribution in [0.4, 0.5) is 0 Å². The van der Waals surface area contributed by atoms with E-state index >= 15 is 0 Å². The first-order valence-corrected chi connectivity index (χ1v) is 11.7. The van der Waals surface area contributed by atoms with Crippen molar-refractivity contribution < 1.29 is 4.74 Å². The zero-order valence-electron chi connectivity index (χ0n) is 19.4. The number of hydrogen-bond donors (Lipinski definition) is 0. The summed E-state index contributed by atoms with van der Waals surface area (Å²) in [5.41, 5.74) is 1.74. The van der Waals surface area contributed by atoms with E-state index in [0.717, 1.165) is 23.4 Å². The summed E-state index contributed by atoms with van der Waals surface area (Å²) >= 11 is 6.33. The van der Waals surface area contributed by atoms with E-state index in [2.05, 4.69) is 36.1 Å². The molecule has 2 aromatic carbocycles. The molecule has 0 spiro atoms. The van der Waals surface area contributed by atoms with E-state index < -0.39 is 11.0 Å². The van der Waals surface area contributed by atoms with Crippen LogP contribution in [0.2, 0.25) is 5.02 Å². The molecule has 170 valence electrons. The third-order valence-electron chi connectivity index (χ3n) is 7.59. The molecule has 2 heterocycles. The van der Waals surface area contributed by atoms with Crippen LogP contribution in [-0.4, -0.2) is 30.5 Å². The Morgan fingerprint density at radius 2 is 1.79 bits per heavy atom. The molecule has 0 amide bonds. The Morgan fingerprint density at radius 1 is 1.09 bits per heavy atom. The Balaban J connectivity index is 1.86. The number of pyridine rings is 1. The summed E-state index contributed by atoms with van der Waals surface area (Å²) in [6, 6.07) is 24.5. The average Bonchev–Trinajstić information content (AvgIpc) is 3.20. The second-order valence-corrected chi connectivity index (χ2v) is 10.1. The van der Waals surface area contributed by atoms with Crippen LogP contribution in [-0.2, 0) is 11.0 Å². The molecular formula is C28H25ClN4O. The first-order chi connectivity index (χ1) is 16.4. The van der Waals surface area contributed by atoms with Gasteiger partial charge in [0, 0.05) is 24.7 Å². The second kappa shape index (κ2) is 8.13. The van der Waals surface area contributed by atoms with Gasteiger partial charge >= 0.3 is 0 Å². The van der Waals surface area contributed by atoms with E-state index in [1.807, 2.05) is 56.6 Å². The van der Waals surface area contributed by atoms with Crippen LogP contribution in [0.25, 0.3) is 0 Å². The molecule has 1 fully saturated rings. The zero-order valence-corrected chi connectivity index (χ0v) is 20.1. The van der Waals surface area contributed by atoms with Crippen molar-refractivity contribution in [1.82, 2.24) is 9.88 Å². The number of ether oxygens (including phenoxy) is 1. The molecule has 34 heavy (non-hydrogen) atoms. The zero-order chi connectivity index (χ0) is 24.1. The molecule has 1 aliphatic heterocycles. The summed E-state index contributed by atoms with van der Waals surface area (Å²) in [5.74, 6) is 0.0925. The van der Waals surface area contributed by atoms with Crippen LogP contribution < -0.4 is 4.74 Å². The molecular weight excluding hydrogens is 444 g/mol. The van der Waals surface area contributed by atoms with Crippen molar-refractivity contribution in [3.63, 3.8) is 0 Å². The van der Waals surface area contributed by atoms with Crippen LogP contribution in [0, 0.1) is 34.5 Å². The van der Waals surface area contributed by atoms with Gasteiger partial charge in [-0.3, -0.25) is 4.98 Å². The van der Waals surface area contributed by atoms with E-state index in [1.165, 1.54) is 0 Å². The summed E-state index contributed by atoms with van der Waals surface area (Å²) in [6.45, 7) is 2.83. The molecule has 0 unspecified atom stereocenters. The predicted octanol–water partition coefficient (Wildman–Crippen LogP) is 5.27. The first-order valence-electron chi connectivity index (χ1n) is 11.3. The third-order valence-corrected chi connectivity index (χ3v) is 7.79. The number of benzene rings is 2. The fourth-order valence-electron chi connectivity index (χ4n) is 6.36. The maximum Gasteiger partial charge on any atom is 0.153 e. The quantitative estimate of drug-likeness (QED) is 0.521. The minimum absolute atomic E-state index is 0.0197. The van der Waals surface area contributed by atoms with Crippen LogP contribution in [0.1, 0.15) is 35.2 Å². The molecule has 0 saturated heterocycles. The molecule has 0 bridgehead atoms. The summed E-state index contributed by atoms with van der Waals surface area (Å²) in [4.78, 5) is 6.88. The second-order valence-electron chi connectivity index (χ2n) is 9.65. The van der Waals surface area contributed by atoms with Gasteiger partial charge in [0.25, 0.3) is 0 Å². The van der Waals surface area contributed by atoms with Crippen LogP contribution in [0.15, 0.2) is 66.9 Å². The van der Waals surface area contributed by atoms with Crippen molar-refractivity contribution >= 4 is 11.6 Å². The Hall–Kier alpha value is -3.38. The molecule has 0 radical (unpaired) electrons. The smallest absolute Gasteiger partial charge is 0.153 e. The highest BCUT2D eigenvalue weighted by molar-refractivity contribution is 6.30. The Morgan fingerprint density at radius 3 is 2.41 bits per heavy atom. The van der Waals surface area contributed by atoms with E-state index in [0.29, 0.717) is 16.3 Å². The molecule has 1 saturated carbocycles. The molecule has 3 aromatic rings. The summed E-state index contributed by atoms with van der Waals surface area (Å²) in [6.07, 6.45) is 1.63. The molecule has 5 atom stereocenters. The first kappa shape index (κ1) is 22.4. The molecule has 2 aliphatic rings. The molecule has 0 N–H and O–H groups in total. The van der Waals surface area contributed by atoms with Gasteiger partial charge in [0.2, 0.25) is 0 Å². The Bertz CT molecular complexity index is 1310. The highest BCUT2D eigenvalue weighted by Crippen LogP contribution is 2.71. The fourth-order valence-corrected chi connectivity index (χ4v) is 6.51. The molecule has 1 aromatic heterocycles. The van der Waals surface area contributed by atoms with Gasteiger partial charge in [0.05, 0.1) is 39.8 Å². The summed E-state index contributed by atoms with van der Waals surface area (Å²) in [5, 5.41) is 20.5. The Kier molecular flexibility index (Phi) is 5.36. The number of nitriles is 2. The largest absolute Gasteiger partial charge is 0.479 e. The number of aromatic nitrogens is 1. The Labute approximate surface area is 205 Å². The molecule has 6 heteroatoms. The molecule has 5 rings (SSSR count). The van der Waals surface area contributed by atoms with Gasteiger partial charge in [-0.25, -0.2) is 0 Å². The van der Waals surface area contributed by atoms with Crippen molar-refractivity contribution in [2.75, 3.05) is 20.6 Å². The lowest BCUT2D eigenvalue weighted by Gasteiger charge is -2.42. The SMILES string of the molecule is CN(C)C[C@H]1[C@@H](C#N)[C@@]2(C)c3ncc(Cl)cc3O[C@@]2(c2ccc(C#N)cc2)[C@@H]1c1ccccc1. The normalized spacial score (nSPS) is 29.1. The van der Waals surface area contributed by atoms with Crippen molar-refractivity contribution in [3.05, 3.63) is 94.3 Å². The van der Waals surface area contributed by atoms with Gasteiger partial charge in [0.1, 0.15) is 5.75 Å². The molecule has 1 aliphatic carbocycles. The summed E-state index contributed by atoms with van der Waals surface area (Å²) < 4.78 is 6.97. The topological polar surface area (TPSA) is 72.9 Å². The lowest BCUT2D eigenvalue weighted by molar-refractivity contribution is 0.0178. The fraction of sp³-hybridized carbons (Fsp3) is 0.321. The van der Waals surface area contributed by atoms with Gasteiger partial charge in [-0.05, 0) is 50.2 Å². The maximum absolute atomic E-state index is 10.6. The minimum Gasteiger partial charge on any atom is -0.479 e. The molecule has 5 nitrogen and oxygen atoms in total. The predicted molar refractivity (Wildman–Crippen MR) is 130 cm³/mol. The summed E-state index contributed by atoms with van der Waals surface area (Å²) in [7, 11) is 4.07. The van der Waals surface area contributed by atoms with Gasteiger partial charge < -0.3 is 9.64 Å². The minimum atomic E-state index is -0.899. The number of rotatable bonds is 4. The number of fused-ring (bicyclic) bond motifs is 3. The van der Waals surface area contributed by atoms with Crippen LogP contribution >= 0.6 is 11.6 Å². The monoisotopic (exact) mass is 468 g/mol. The van der Waals surface area contributed by atoms with Gasteiger partial charge in [0.15, 0.2) is 5.60 Å². The van der Waals surface area contributed by atoms with Gasteiger partial charge in [-0.15, -0.1) is 0 Å². The van der Waals surface area contributed by atoms with E-state index in [-0.39, 0.29) is 17.8 Å². The van der Waals surface area contributed by atoms with Crippen LogP contribution in [0.5, 0.6) is 5.75 Å². The third kappa shape index (κ3) is 2.98. The number of nitrogens with zero attached hydrogens (tertiary/aromatic N) is 4. The van der Waals surface area contributed by atoms with Crippen molar-refractivity contribution in [1.29, 1.82) is 10.5 Å². The van der Waals surface area contributed by atoms with Gasteiger partial charge in [-0.1, -0.05) is 54.1 Å². The maximum atomic E-state index is 10.6. The lowest BCUT2D eigenvalue weighted by Crippen LogP contribution is -2.48. The highest BCUT2D eigenvalue weighted by Gasteiger charge is 2.74. The van der Waals surface area contributed by atoms with Crippen LogP contribution in [0.3, 0.4) is 0 Å². The number of hydrogen-bond acceptors (Lipinski definition) is 5. The van der Waals surface area contributed by atoms with Gasteiger partial charge in [-0.2, -0.15) is 10.5 Å². The van der Waals surface area contributed by atoms with Crippen molar-refractivity contribution in [3.8, 4) is 17.9 Å².